The third-order valence-electron chi connectivity index (χ3n) is 4.00. The highest BCUT2D eigenvalue weighted by molar-refractivity contribution is 5.75. The van der Waals surface area contributed by atoms with Gasteiger partial charge >= 0.3 is 18.2 Å². The van der Waals surface area contributed by atoms with Crippen molar-refractivity contribution in [2.75, 3.05) is 6.54 Å². The van der Waals surface area contributed by atoms with E-state index >= 15 is 0 Å². The Kier molecular flexibility index (Phi) is 4.63. The van der Waals surface area contributed by atoms with Crippen LogP contribution in [0.5, 0.6) is 0 Å². The van der Waals surface area contributed by atoms with Gasteiger partial charge in [-0.3, -0.25) is 4.79 Å². The van der Waals surface area contributed by atoms with Crippen LogP contribution in [0.2, 0.25) is 0 Å². The number of halogens is 3. The van der Waals surface area contributed by atoms with Crippen molar-refractivity contribution in [3.05, 3.63) is 0 Å². The molecule has 0 aromatic carbocycles. The molecule has 21 heavy (non-hydrogen) atoms. The third-order valence-corrected chi connectivity index (χ3v) is 4.00. The molecule has 0 spiro atoms. The second kappa shape index (κ2) is 6.11. The smallest absolute Gasteiger partial charge is 0.406 e. The first-order valence-corrected chi connectivity index (χ1v) is 7.13. The highest BCUT2D eigenvalue weighted by Gasteiger charge is 2.41. The monoisotopic (exact) mass is 308 g/mol. The highest BCUT2D eigenvalue weighted by Crippen LogP contribution is 2.31. The Bertz CT molecular complexity index is 402. The molecule has 2 saturated carbocycles. The number of alkyl halides is 3. The Morgan fingerprint density at radius 2 is 1.67 bits per heavy atom. The van der Waals surface area contributed by atoms with Crippen molar-refractivity contribution >= 4 is 12.0 Å². The van der Waals surface area contributed by atoms with Gasteiger partial charge in [-0.05, 0) is 38.5 Å². The molecule has 0 aliphatic heterocycles. The Labute approximate surface area is 120 Å². The van der Waals surface area contributed by atoms with E-state index in [9.17, 15) is 22.8 Å². The van der Waals surface area contributed by atoms with E-state index in [1.54, 1.807) is 0 Å². The van der Waals surface area contributed by atoms with Gasteiger partial charge in [-0.25, -0.2) is 4.79 Å². The minimum absolute atomic E-state index is 0.234. The quantitative estimate of drug-likeness (QED) is 0.837. The number of carboxylic acids is 1. The summed E-state index contributed by atoms with van der Waals surface area (Å²) >= 11 is 0. The van der Waals surface area contributed by atoms with Crippen molar-refractivity contribution < 1.29 is 27.9 Å². The van der Waals surface area contributed by atoms with Gasteiger partial charge < -0.3 is 15.3 Å². The largest absolute Gasteiger partial charge is 0.481 e. The first kappa shape index (κ1) is 15.9. The van der Waals surface area contributed by atoms with E-state index < -0.39 is 30.6 Å². The van der Waals surface area contributed by atoms with Crippen LogP contribution >= 0.6 is 0 Å². The molecular weight excluding hydrogens is 289 g/mol. The second-order valence-electron chi connectivity index (χ2n) is 5.81. The lowest BCUT2D eigenvalue weighted by atomic mass is 9.86. The van der Waals surface area contributed by atoms with E-state index in [4.69, 9.17) is 5.11 Å². The van der Waals surface area contributed by atoms with Crippen molar-refractivity contribution in [1.82, 2.24) is 10.2 Å². The Balaban J connectivity index is 1.84. The molecule has 2 N–H and O–H groups in total. The van der Waals surface area contributed by atoms with Crippen molar-refractivity contribution in [1.29, 1.82) is 0 Å². The molecule has 120 valence electrons. The third kappa shape index (κ3) is 4.78. The number of hydrogen-bond donors (Lipinski definition) is 2. The standard InChI is InChI=1S/C13H19F3N2O3/c14-13(15,16)7-18(10-5-6-10)12(21)17-9-3-1-8(2-4-9)11(19)20/h8-10H,1-7H2,(H,17,21)(H,19,20). The number of nitrogens with one attached hydrogen (secondary N) is 1. The summed E-state index contributed by atoms with van der Waals surface area (Å²) in [6.45, 7) is -1.23. The average molecular weight is 308 g/mol. The van der Waals surface area contributed by atoms with Crippen LogP contribution in [-0.2, 0) is 4.79 Å². The van der Waals surface area contributed by atoms with Crippen molar-refractivity contribution in [2.24, 2.45) is 5.92 Å². The number of carbonyl (C=O) groups is 2. The lowest BCUT2D eigenvalue weighted by Gasteiger charge is -2.30. The predicted octanol–water partition coefficient (Wildman–Crippen LogP) is 2.37. The molecule has 2 fully saturated rings. The van der Waals surface area contributed by atoms with Gasteiger partial charge in [0.25, 0.3) is 0 Å². The number of amides is 2. The fourth-order valence-electron chi connectivity index (χ4n) is 2.69. The Morgan fingerprint density at radius 3 is 2.10 bits per heavy atom. The lowest BCUT2D eigenvalue weighted by Crippen LogP contribution is -2.50. The van der Waals surface area contributed by atoms with E-state index in [0.29, 0.717) is 38.5 Å². The summed E-state index contributed by atoms with van der Waals surface area (Å²) in [5, 5.41) is 11.5. The van der Waals surface area contributed by atoms with Crippen LogP contribution < -0.4 is 5.32 Å². The van der Waals surface area contributed by atoms with E-state index in [2.05, 4.69) is 5.32 Å². The molecule has 2 amide bonds. The molecule has 0 saturated heterocycles. The van der Waals surface area contributed by atoms with Gasteiger partial charge in [0.15, 0.2) is 0 Å². The van der Waals surface area contributed by atoms with Gasteiger partial charge in [0.05, 0.1) is 5.92 Å². The lowest BCUT2D eigenvalue weighted by molar-refractivity contribution is -0.143. The summed E-state index contributed by atoms with van der Waals surface area (Å²) in [5.41, 5.74) is 0. The zero-order chi connectivity index (χ0) is 15.6. The zero-order valence-corrected chi connectivity index (χ0v) is 11.5. The summed E-state index contributed by atoms with van der Waals surface area (Å²) in [6.07, 6.45) is -1.31. The maximum atomic E-state index is 12.5. The molecule has 0 aromatic rings. The maximum absolute atomic E-state index is 12.5. The molecule has 2 aliphatic carbocycles. The molecule has 0 bridgehead atoms. The molecule has 0 radical (unpaired) electrons. The molecule has 0 unspecified atom stereocenters. The topological polar surface area (TPSA) is 69.6 Å². The zero-order valence-electron chi connectivity index (χ0n) is 11.5. The first-order chi connectivity index (χ1) is 9.76. The fourth-order valence-corrected chi connectivity index (χ4v) is 2.69. The minimum Gasteiger partial charge on any atom is -0.481 e. The number of nitrogens with zero attached hydrogens (tertiary/aromatic N) is 1. The predicted molar refractivity (Wildman–Crippen MR) is 67.7 cm³/mol. The number of hydrogen-bond acceptors (Lipinski definition) is 2. The van der Waals surface area contributed by atoms with Gasteiger partial charge in [0.2, 0.25) is 0 Å². The Hall–Kier alpha value is -1.47. The summed E-state index contributed by atoms with van der Waals surface area (Å²) in [6, 6.07) is -1.24. The molecule has 5 nitrogen and oxygen atoms in total. The summed E-state index contributed by atoms with van der Waals surface area (Å²) in [5.74, 6) is -1.26. The molecule has 0 aromatic heterocycles. The number of urea groups is 1. The van der Waals surface area contributed by atoms with Gasteiger partial charge in [0.1, 0.15) is 6.54 Å². The van der Waals surface area contributed by atoms with E-state index in [1.807, 2.05) is 0 Å². The van der Waals surface area contributed by atoms with Crippen LogP contribution in [0, 0.1) is 5.92 Å². The molecule has 2 aliphatic rings. The minimum atomic E-state index is -4.40. The van der Waals surface area contributed by atoms with Gasteiger partial charge in [-0.1, -0.05) is 0 Å². The number of aliphatic carboxylic acids is 1. The normalized spacial score (nSPS) is 26.2. The number of carbonyl (C=O) groups excluding carboxylic acids is 1. The average Bonchev–Trinajstić information content (AvgIpc) is 3.19. The highest BCUT2D eigenvalue weighted by atomic mass is 19.4. The van der Waals surface area contributed by atoms with Crippen molar-refractivity contribution in [3.8, 4) is 0 Å². The molecule has 2 rings (SSSR count). The number of carboxylic acid groups (broad SMARTS) is 1. The molecule has 8 heteroatoms. The van der Waals surface area contributed by atoms with Gasteiger partial charge in [0, 0.05) is 12.1 Å². The van der Waals surface area contributed by atoms with Crippen LogP contribution in [0.4, 0.5) is 18.0 Å². The maximum Gasteiger partial charge on any atom is 0.406 e. The van der Waals surface area contributed by atoms with Crippen molar-refractivity contribution in [2.45, 2.75) is 56.8 Å². The summed E-state index contributed by atoms with van der Waals surface area (Å²) in [4.78, 5) is 23.7. The van der Waals surface area contributed by atoms with E-state index in [-0.39, 0.29) is 12.1 Å². The van der Waals surface area contributed by atoms with Crippen LogP contribution in [0.3, 0.4) is 0 Å². The SMILES string of the molecule is O=C(O)C1CCC(NC(=O)N(CC(F)(F)F)C2CC2)CC1. The van der Waals surface area contributed by atoms with Gasteiger partial charge in [-0.2, -0.15) is 13.2 Å². The molecule has 0 atom stereocenters. The summed E-state index contributed by atoms with van der Waals surface area (Å²) in [7, 11) is 0. The summed E-state index contributed by atoms with van der Waals surface area (Å²) < 4.78 is 37.5. The second-order valence-corrected chi connectivity index (χ2v) is 5.81. The van der Waals surface area contributed by atoms with E-state index in [1.165, 1.54) is 0 Å². The van der Waals surface area contributed by atoms with Gasteiger partial charge in [-0.15, -0.1) is 0 Å². The number of rotatable bonds is 4. The fraction of sp³-hybridized carbons (Fsp3) is 0.846. The van der Waals surface area contributed by atoms with Crippen molar-refractivity contribution in [3.63, 3.8) is 0 Å². The molecule has 0 heterocycles. The van der Waals surface area contributed by atoms with Crippen LogP contribution in [0.1, 0.15) is 38.5 Å². The molecular formula is C13H19F3N2O3. The Morgan fingerprint density at radius 1 is 1.10 bits per heavy atom. The van der Waals surface area contributed by atoms with E-state index in [0.717, 1.165) is 4.90 Å². The van der Waals surface area contributed by atoms with Crippen LogP contribution in [0.15, 0.2) is 0 Å². The van der Waals surface area contributed by atoms with Crippen LogP contribution in [-0.4, -0.2) is 46.8 Å². The van der Waals surface area contributed by atoms with Crippen LogP contribution in [0.25, 0.3) is 0 Å². The first-order valence-electron chi connectivity index (χ1n) is 7.13.